The van der Waals surface area contributed by atoms with Crippen molar-refractivity contribution in [3.05, 3.63) is 26.6 Å². The van der Waals surface area contributed by atoms with Crippen molar-refractivity contribution >= 4 is 47.8 Å². The van der Waals surface area contributed by atoms with E-state index in [0.29, 0.717) is 10.7 Å². The van der Waals surface area contributed by atoms with Crippen LogP contribution in [-0.4, -0.2) is 10.4 Å². The molecule has 0 bridgehead atoms. The quantitative estimate of drug-likeness (QED) is 0.419. The number of hydrogen-bond donors (Lipinski definition) is 0. The van der Waals surface area contributed by atoms with E-state index in [2.05, 4.69) is 80.7 Å². The number of fused-ring (bicyclic) bond motifs is 2. The highest BCUT2D eigenvalue weighted by atomic mass is 79.9. The van der Waals surface area contributed by atoms with E-state index in [1.807, 2.05) is 0 Å². The maximum absolute atomic E-state index is 6.50. The van der Waals surface area contributed by atoms with Crippen LogP contribution in [0, 0.1) is 11.3 Å². The second kappa shape index (κ2) is 4.99. The molecular weight excluding hydrogens is 448 g/mol. The monoisotopic (exact) mass is 464 g/mol. The lowest BCUT2D eigenvalue weighted by Gasteiger charge is -2.55. The number of alkyl halides is 1. The summed E-state index contributed by atoms with van der Waals surface area (Å²) in [6.45, 7) is 7.03. The molecule has 0 aromatic heterocycles. The van der Waals surface area contributed by atoms with Gasteiger partial charge in [-0.3, -0.25) is 0 Å². The molecule has 0 saturated heterocycles. The van der Waals surface area contributed by atoms with Gasteiger partial charge in [-0.05, 0) is 65.2 Å². The Labute approximate surface area is 146 Å². The number of halogens is 3. The molecule has 3 rings (SSSR count). The van der Waals surface area contributed by atoms with Gasteiger partial charge < -0.3 is 4.74 Å². The molecule has 1 aliphatic carbocycles. The average molecular weight is 467 g/mol. The molecule has 0 radical (unpaired) electrons. The van der Waals surface area contributed by atoms with E-state index in [1.165, 1.54) is 12.0 Å². The highest BCUT2D eigenvalue weighted by Gasteiger charge is 2.54. The van der Waals surface area contributed by atoms with E-state index in [4.69, 9.17) is 4.74 Å². The van der Waals surface area contributed by atoms with E-state index in [9.17, 15) is 0 Å². The molecule has 1 aliphatic heterocycles. The van der Waals surface area contributed by atoms with Gasteiger partial charge in [-0.2, -0.15) is 0 Å². The molecular formula is C16H19Br3O. The largest absolute Gasteiger partial charge is 0.486 e. The summed E-state index contributed by atoms with van der Waals surface area (Å²) in [6, 6.07) is 4.28. The lowest BCUT2D eigenvalue weighted by atomic mass is 9.59. The lowest BCUT2D eigenvalue weighted by molar-refractivity contribution is -0.0777. The van der Waals surface area contributed by atoms with Crippen LogP contribution in [0.1, 0.15) is 39.2 Å². The van der Waals surface area contributed by atoms with Crippen LogP contribution in [0.5, 0.6) is 5.75 Å². The Balaban J connectivity index is 2.08. The van der Waals surface area contributed by atoms with Crippen LogP contribution in [0.3, 0.4) is 0 Å². The Bertz CT molecular complexity index is 555. The fraction of sp³-hybridized carbons (Fsp3) is 0.625. The van der Waals surface area contributed by atoms with Crippen LogP contribution in [0.4, 0.5) is 0 Å². The van der Waals surface area contributed by atoms with E-state index in [-0.39, 0.29) is 11.0 Å². The van der Waals surface area contributed by atoms with E-state index < -0.39 is 0 Å². The fourth-order valence-electron chi connectivity index (χ4n) is 3.90. The van der Waals surface area contributed by atoms with Crippen molar-refractivity contribution in [2.24, 2.45) is 11.3 Å². The minimum absolute atomic E-state index is 0.0584. The Morgan fingerprint density at radius 3 is 2.60 bits per heavy atom. The maximum Gasteiger partial charge on any atom is 0.137 e. The molecule has 0 N–H and O–H groups in total. The van der Waals surface area contributed by atoms with Crippen molar-refractivity contribution in [3.63, 3.8) is 0 Å². The molecule has 4 heteroatoms. The molecule has 1 nitrogen and oxygen atoms in total. The first kappa shape index (κ1) is 15.4. The third-order valence-electron chi connectivity index (χ3n) is 5.18. The summed E-state index contributed by atoms with van der Waals surface area (Å²) >= 11 is 11.1. The van der Waals surface area contributed by atoms with Crippen LogP contribution in [0.25, 0.3) is 0 Å². The Kier molecular flexibility index (Phi) is 3.83. The molecule has 1 heterocycles. The average Bonchev–Trinajstić information content (AvgIpc) is 2.35. The molecule has 1 aromatic rings. The van der Waals surface area contributed by atoms with Gasteiger partial charge in [0.05, 0.1) is 4.47 Å². The molecule has 0 unspecified atom stereocenters. The number of ether oxygens (including phenoxy) is 1. The zero-order chi connectivity index (χ0) is 14.7. The zero-order valence-corrected chi connectivity index (χ0v) is 16.7. The molecule has 0 spiro atoms. The number of benzene rings is 1. The van der Waals surface area contributed by atoms with Gasteiger partial charge in [0.1, 0.15) is 11.4 Å². The van der Waals surface area contributed by atoms with Crippen molar-refractivity contribution < 1.29 is 4.74 Å². The number of rotatable bonds is 0. The third kappa shape index (κ3) is 2.30. The van der Waals surface area contributed by atoms with Gasteiger partial charge in [-0.15, -0.1) is 0 Å². The topological polar surface area (TPSA) is 9.23 Å². The van der Waals surface area contributed by atoms with Gasteiger partial charge in [-0.1, -0.05) is 45.7 Å². The van der Waals surface area contributed by atoms with Gasteiger partial charge in [0.2, 0.25) is 0 Å². The fourth-order valence-corrected chi connectivity index (χ4v) is 5.84. The SMILES string of the molecule is CC1(C)[C@@H](Br)CC[C@]2(C)Oc3c(Br)cc(Br)cc3C[C@@H]12. The van der Waals surface area contributed by atoms with Crippen molar-refractivity contribution in [1.82, 2.24) is 0 Å². The summed E-state index contributed by atoms with van der Waals surface area (Å²) in [5.74, 6) is 1.57. The number of hydrogen-bond acceptors (Lipinski definition) is 1. The van der Waals surface area contributed by atoms with Gasteiger partial charge in [-0.25, -0.2) is 0 Å². The van der Waals surface area contributed by atoms with E-state index in [1.54, 1.807) is 0 Å². The third-order valence-corrected chi connectivity index (χ3v) is 7.87. The first-order valence-electron chi connectivity index (χ1n) is 7.05. The summed E-state index contributed by atoms with van der Waals surface area (Å²) in [4.78, 5) is 0.564. The Hall–Kier alpha value is 0.460. The first-order valence-corrected chi connectivity index (χ1v) is 9.55. The van der Waals surface area contributed by atoms with E-state index in [0.717, 1.165) is 27.5 Å². The van der Waals surface area contributed by atoms with Crippen LogP contribution in [0.15, 0.2) is 21.1 Å². The summed E-state index contributed by atoms with van der Waals surface area (Å²) in [6.07, 6.45) is 3.36. The molecule has 1 fully saturated rings. The van der Waals surface area contributed by atoms with Crippen molar-refractivity contribution in [3.8, 4) is 5.75 Å². The first-order chi connectivity index (χ1) is 9.24. The molecule has 1 saturated carbocycles. The van der Waals surface area contributed by atoms with Crippen LogP contribution in [-0.2, 0) is 6.42 Å². The normalized spacial score (nSPS) is 34.9. The molecule has 110 valence electrons. The highest BCUT2D eigenvalue weighted by Crippen LogP contribution is 2.56. The Morgan fingerprint density at radius 2 is 1.90 bits per heavy atom. The van der Waals surface area contributed by atoms with Crippen molar-refractivity contribution in [2.75, 3.05) is 0 Å². The molecule has 2 aliphatic rings. The predicted molar refractivity (Wildman–Crippen MR) is 93.8 cm³/mol. The summed E-state index contributed by atoms with van der Waals surface area (Å²) in [5, 5.41) is 0. The second-order valence-electron chi connectivity index (χ2n) is 6.87. The maximum atomic E-state index is 6.50. The smallest absolute Gasteiger partial charge is 0.137 e. The van der Waals surface area contributed by atoms with Crippen molar-refractivity contribution in [1.29, 1.82) is 0 Å². The van der Waals surface area contributed by atoms with Gasteiger partial charge >= 0.3 is 0 Å². The second-order valence-corrected chi connectivity index (χ2v) is 9.75. The molecule has 1 aromatic carbocycles. The van der Waals surface area contributed by atoms with Gasteiger partial charge in [0.25, 0.3) is 0 Å². The predicted octanol–water partition coefficient (Wildman–Crippen LogP) is 6.10. The van der Waals surface area contributed by atoms with Crippen LogP contribution in [0.2, 0.25) is 0 Å². The van der Waals surface area contributed by atoms with Gasteiger partial charge in [0, 0.05) is 15.2 Å². The molecule has 0 amide bonds. The van der Waals surface area contributed by atoms with Crippen LogP contribution >= 0.6 is 47.8 Å². The van der Waals surface area contributed by atoms with E-state index >= 15 is 0 Å². The van der Waals surface area contributed by atoms with Crippen LogP contribution < -0.4 is 4.74 Å². The molecule has 3 atom stereocenters. The summed E-state index contributed by atoms with van der Waals surface area (Å²) in [7, 11) is 0. The minimum Gasteiger partial charge on any atom is -0.486 e. The zero-order valence-electron chi connectivity index (χ0n) is 12.0. The minimum atomic E-state index is -0.0584. The summed E-state index contributed by atoms with van der Waals surface area (Å²) in [5.41, 5.74) is 1.49. The van der Waals surface area contributed by atoms with Crippen molar-refractivity contribution in [2.45, 2.75) is 50.5 Å². The molecule has 20 heavy (non-hydrogen) atoms. The lowest BCUT2D eigenvalue weighted by Crippen LogP contribution is -2.57. The standard InChI is InChI=1S/C16H19Br3O/c1-15(2)12-7-9-6-10(17)8-11(18)14(9)20-16(12,3)5-4-13(15)19/h6,8,12-13H,4-5,7H2,1-3H3/t12-,13-,16-/m0/s1. The summed E-state index contributed by atoms with van der Waals surface area (Å²) < 4.78 is 8.67. The highest BCUT2D eigenvalue weighted by molar-refractivity contribution is 9.11. The Morgan fingerprint density at radius 1 is 1.20 bits per heavy atom. The van der Waals surface area contributed by atoms with Gasteiger partial charge in [0.15, 0.2) is 0 Å².